The molecule has 3 aromatic rings. The standard InChI is InChI=1S/C12H7BrN2O2S/c13-10-4-3-9(18-10)11(16)6-1-2-7-8(5-6)15-12(17)14-7/h1-5H,(H2,14,15,17). The van der Waals surface area contributed by atoms with Crippen molar-refractivity contribution < 1.29 is 4.79 Å². The van der Waals surface area contributed by atoms with Crippen LogP contribution >= 0.6 is 27.3 Å². The van der Waals surface area contributed by atoms with Gasteiger partial charge >= 0.3 is 5.69 Å². The third kappa shape index (κ3) is 1.93. The van der Waals surface area contributed by atoms with Crippen LogP contribution in [0.3, 0.4) is 0 Å². The van der Waals surface area contributed by atoms with Gasteiger partial charge in [0.2, 0.25) is 5.78 Å². The van der Waals surface area contributed by atoms with Gasteiger partial charge < -0.3 is 9.97 Å². The lowest BCUT2D eigenvalue weighted by Crippen LogP contribution is -1.99. The zero-order chi connectivity index (χ0) is 12.7. The molecule has 0 saturated heterocycles. The number of aromatic nitrogens is 2. The largest absolute Gasteiger partial charge is 0.323 e. The van der Waals surface area contributed by atoms with Crippen LogP contribution in [0.15, 0.2) is 38.9 Å². The quantitative estimate of drug-likeness (QED) is 0.712. The normalized spacial score (nSPS) is 10.9. The smallest absolute Gasteiger partial charge is 0.306 e. The SMILES string of the molecule is O=C(c1ccc2[nH]c(=O)[nH]c2c1)c1ccc(Br)s1. The van der Waals surface area contributed by atoms with Crippen LogP contribution in [0.1, 0.15) is 15.2 Å². The van der Waals surface area contributed by atoms with Crippen molar-refractivity contribution in [2.75, 3.05) is 0 Å². The van der Waals surface area contributed by atoms with Gasteiger partial charge in [-0.25, -0.2) is 4.79 Å². The van der Waals surface area contributed by atoms with Gasteiger partial charge in [0, 0.05) is 5.56 Å². The molecule has 2 N–H and O–H groups in total. The zero-order valence-electron chi connectivity index (χ0n) is 8.99. The molecule has 0 saturated carbocycles. The predicted molar refractivity (Wildman–Crippen MR) is 74.4 cm³/mol. The molecule has 0 fully saturated rings. The summed E-state index contributed by atoms with van der Waals surface area (Å²) in [6.07, 6.45) is 0. The van der Waals surface area contributed by atoms with Crippen molar-refractivity contribution in [2.24, 2.45) is 0 Å². The molecule has 0 spiro atoms. The minimum Gasteiger partial charge on any atom is -0.306 e. The molecule has 0 aliphatic carbocycles. The molecule has 3 rings (SSSR count). The second-order valence-electron chi connectivity index (χ2n) is 3.77. The molecular formula is C12H7BrN2O2S. The van der Waals surface area contributed by atoms with Crippen molar-refractivity contribution in [1.82, 2.24) is 9.97 Å². The molecule has 4 nitrogen and oxygen atoms in total. The first kappa shape index (κ1) is 11.4. The Labute approximate surface area is 114 Å². The van der Waals surface area contributed by atoms with Crippen LogP contribution in [0.5, 0.6) is 0 Å². The number of thiophene rings is 1. The fourth-order valence-corrected chi connectivity index (χ4v) is 3.10. The summed E-state index contributed by atoms with van der Waals surface area (Å²) in [5.41, 5.74) is 1.63. The minimum atomic E-state index is -0.270. The summed E-state index contributed by atoms with van der Waals surface area (Å²) in [5.74, 6) is -0.0466. The Hall–Kier alpha value is -1.66. The Balaban J connectivity index is 2.08. The topological polar surface area (TPSA) is 65.7 Å². The summed E-state index contributed by atoms with van der Waals surface area (Å²) in [6.45, 7) is 0. The number of hydrogen-bond acceptors (Lipinski definition) is 3. The molecule has 0 bridgehead atoms. The highest BCUT2D eigenvalue weighted by molar-refractivity contribution is 9.11. The minimum absolute atomic E-state index is 0.0466. The molecule has 2 heterocycles. The summed E-state index contributed by atoms with van der Waals surface area (Å²) < 4.78 is 0.918. The van der Waals surface area contributed by atoms with Crippen LogP contribution in [0.2, 0.25) is 0 Å². The van der Waals surface area contributed by atoms with Gasteiger partial charge in [0.1, 0.15) is 0 Å². The van der Waals surface area contributed by atoms with Gasteiger partial charge in [0.25, 0.3) is 0 Å². The van der Waals surface area contributed by atoms with Crippen LogP contribution in [0, 0.1) is 0 Å². The van der Waals surface area contributed by atoms with E-state index in [1.165, 1.54) is 11.3 Å². The van der Waals surface area contributed by atoms with Crippen LogP contribution in [0.25, 0.3) is 11.0 Å². The lowest BCUT2D eigenvalue weighted by atomic mass is 10.1. The average Bonchev–Trinajstić information content (AvgIpc) is 2.92. The number of carbonyl (C=O) groups excluding carboxylic acids is 1. The number of H-pyrrole nitrogens is 2. The number of aromatic amines is 2. The maximum atomic E-state index is 12.2. The highest BCUT2D eigenvalue weighted by Gasteiger charge is 2.12. The molecule has 0 aliphatic heterocycles. The van der Waals surface area contributed by atoms with E-state index in [-0.39, 0.29) is 11.5 Å². The molecule has 6 heteroatoms. The van der Waals surface area contributed by atoms with E-state index in [0.29, 0.717) is 21.5 Å². The molecule has 0 atom stereocenters. The first-order chi connectivity index (χ1) is 8.63. The van der Waals surface area contributed by atoms with Crippen LogP contribution in [-0.4, -0.2) is 15.8 Å². The van der Waals surface area contributed by atoms with E-state index >= 15 is 0 Å². The van der Waals surface area contributed by atoms with E-state index in [1.807, 2.05) is 6.07 Å². The van der Waals surface area contributed by atoms with Gasteiger partial charge in [-0.05, 0) is 46.3 Å². The summed E-state index contributed by atoms with van der Waals surface area (Å²) in [4.78, 5) is 29.3. The fourth-order valence-electron chi connectivity index (χ4n) is 1.75. The first-order valence-electron chi connectivity index (χ1n) is 5.15. The van der Waals surface area contributed by atoms with Crippen molar-refractivity contribution >= 4 is 44.1 Å². The van der Waals surface area contributed by atoms with Gasteiger partial charge in [0.15, 0.2) is 0 Å². The maximum absolute atomic E-state index is 12.2. The number of fused-ring (bicyclic) bond motifs is 1. The van der Waals surface area contributed by atoms with Crippen molar-refractivity contribution in [3.8, 4) is 0 Å². The second kappa shape index (κ2) is 4.22. The number of imidazole rings is 1. The summed E-state index contributed by atoms with van der Waals surface area (Å²) in [5, 5.41) is 0. The van der Waals surface area contributed by atoms with Crippen molar-refractivity contribution in [3.63, 3.8) is 0 Å². The van der Waals surface area contributed by atoms with E-state index in [2.05, 4.69) is 25.9 Å². The molecule has 1 aromatic carbocycles. The van der Waals surface area contributed by atoms with E-state index in [9.17, 15) is 9.59 Å². The van der Waals surface area contributed by atoms with Gasteiger partial charge in [0.05, 0.1) is 19.7 Å². The lowest BCUT2D eigenvalue weighted by molar-refractivity contribution is 0.104. The number of hydrogen-bond donors (Lipinski definition) is 2. The van der Waals surface area contributed by atoms with Crippen molar-refractivity contribution in [2.45, 2.75) is 0 Å². The predicted octanol–water partition coefficient (Wildman–Crippen LogP) is 2.91. The van der Waals surface area contributed by atoms with E-state index in [4.69, 9.17) is 0 Å². The Morgan fingerprint density at radius 2 is 1.89 bits per heavy atom. The van der Waals surface area contributed by atoms with Crippen molar-refractivity contribution in [1.29, 1.82) is 0 Å². The van der Waals surface area contributed by atoms with Gasteiger partial charge in [-0.15, -0.1) is 11.3 Å². The number of nitrogens with one attached hydrogen (secondary N) is 2. The maximum Gasteiger partial charge on any atom is 0.323 e. The van der Waals surface area contributed by atoms with E-state index < -0.39 is 0 Å². The molecule has 2 aromatic heterocycles. The van der Waals surface area contributed by atoms with Crippen LogP contribution < -0.4 is 5.69 Å². The third-order valence-electron chi connectivity index (χ3n) is 2.58. The molecule has 0 aliphatic rings. The molecule has 0 amide bonds. The molecule has 0 radical (unpaired) electrons. The Kier molecular flexibility index (Phi) is 2.68. The average molecular weight is 323 g/mol. The monoisotopic (exact) mass is 322 g/mol. The fraction of sp³-hybridized carbons (Fsp3) is 0. The lowest BCUT2D eigenvalue weighted by Gasteiger charge is -1.98. The third-order valence-corrected chi connectivity index (χ3v) is 4.20. The van der Waals surface area contributed by atoms with Crippen molar-refractivity contribution in [3.05, 3.63) is 55.0 Å². The van der Waals surface area contributed by atoms with Crippen LogP contribution in [0.4, 0.5) is 0 Å². The second-order valence-corrected chi connectivity index (χ2v) is 6.24. The van der Waals surface area contributed by atoms with Gasteiger partial charge in [-0.3, -0.25) is 4.79 Å². The number of carbonyl (C=O) groups is 1. The highest BCUT2D eigenvalue weighted by atomic mass is 79.9. The van der Waals surface area contributed by atoms with Gasteiger partial charge in [-0.2, -0.15) is 0 Å². The highest BCUT2D eigenvalue weighted by Crippen LogP contribution is 2.25. The van der Waals surface area contributed by atoms with Crippen LogP contribution in [-0.2, 0) is 0 Å². The Morgan fingerprint density at radius 3 is 2.61 bits per heavy atom. The molecular weight excluding hydrogens is 316 g/mol. The number of halogens is 1. The van der Waals surface area contributed by atoms with E-state index in [1.54, 1.807) is 24.3 Å². The first-order valence-corrected chi connectivity index (χ1v) is 6.76. The van der Waals surface area contributed by atoms with Gasteiger partial charge in [-0.1, -0.05) is 0 Å². The molecule has 18 heavy (non-hydrogen) atoms. The molecule has 0 unspecified atom stereocenters. The number of ketones is 1. The summed E-state index contributed by atoms with van der Waals surface area (Å²) in [7, 11) is 0. The van der Waals surface area contributed by atoms with E-state index in [0.717, 1.165) is 3.79 Å². The summed E-state index contributed by atoms with van der Waals surface area (Å²) >= 11 is 4.72. The Morgan fingerprint density at radius 1 is 1.11 bits per heavy atom. The zero-order valence-corrected chi connectivity index (χ0v) is 11.4. The Bertz CT molecular complexity index is 800. The number of rotatable bonds is 2. The molecule has 90 valence electrons. The summed E-state index contributed by atoms with van der Waals surface area (Å²) in [6, 6.07) is 8.74. The number of benzene rings is 1.